The predicted molar refractivity (Wildman–Crippen MR) is 105 cm³/mol. The van der Waals surface area contributed by atoms with E-state index >= 15 is 0 Å². The Morgan fingerprint density at radius 1 is 1.07 bits per heavy atom. The Hall–Kier alpha value is -3.25. The number of non-ortho nitro benzene ring substituents is 1. The lowest BCUT2D eigenvalue weighted by Crippen LogP contribution is -2.17. The lowest BCUT2D eigenvalue weighted by atomic mass is 10.0. The standard InChI is InChI=1S/C21H22N2O4/c1-3-14-22(2)15-4-5-16-27-20-12-8-18(9-13-20)21(24)17-6-10-19(11-7-17)23(25)26/h3-13H,1,14-16H2,2H3/b5-4+. The van der Waals surface area contributed by atoms with Gasteiger partial charge in [-0.1, -0.05) is 18.2 Å². The molecule has 2 aromatic rings. The highest BCUT2D eigenvalue weighted by atomic mass is 16.6. The molecule has 6 nitrogen and oxygen atoms in total. The summed E-state index contributed by atoms with van der Waals surface area (Å²) >= 11 is 0. The summed E-state index contributed by atoms with van der Waals surface area (Å²) in [7, 11) is 2.01. The van der Waals surface area contributed by atoms with Gasteiger partial charge in [0, 0.05) is 36.3 Å². The first-order valence-corrected chi connectivity index (χ1v) is 8.47. The minimum absolute atomic E-state index is 0.0426. The van der Waals surface area contributed by atoms with Gasteiger partial charge < -0.3 is 4.74 Å². The third kappa shape index (κ3) is 6.20. The molecule has 0 aliphatic carbocycles. The van der Waals surface area contributed by atoms with Gasteiger partial charge in [-0.25, -0.2) is 0 Å². The zero-order chi connectivity index (χ0) is 19.6. The molecule has 0 N–H and O–H groups in total. The Labute approximate surface area is 158 Å². The van der Waals surface area contributed by atoms with E-state index in [9.17, 15) is 14.9 Å². The van der Waals surface area contributed by atoms with Crippen molar-refractivity contribution in [3.8, 4) is 5.75 Å². The SMILES string of the molecule is C=CCN(C)C/C=C/COc1ccc(C(=O)c2ccc([N+](=O)[O-])cc2)cc1. The molecule has 140 valence electrons. The molecule has 0 amide bonds. The van der Waals surface area contributed by atoms with Crippen LogP contribution in [0.4, 0.5) is 5.69 Å². The summed E-state index contributed by atoms with van der Waals surface area (Å²) in [5.41, 5.74) is 0.859. The number of ketones is 1. The highest BCUT2D eigenvalue weighted by Gasteiger charge is 2.11. The molecule has 0 aromatic heterocycles. The van der Waals surface area contributed by atoms with Crippen LogP contribution in [0.1, 0.15) is 15.9 Å². The number of carbonyl (C=O) groups is 1. The second-order valence-electron chi connectivity index (χ2n) is 5.95. The molecule has 0 fully saturated rings. The van der Waals surface area contributed by atoms with Crippen molar-refractivity contribution in [3.05, 3.63) is 94.6 Å². The van der Waals surface area contributed by atoms with Gasteiger partial charge in [0.2, 0.25) is 0 Å². The summed E-state index contributed by atoms with van der Waals surface area (Å²) in [5.74, 6) is 0.473. The molecule has 0 radical (unpaired) electrons. The fraction of sp³-hybridized carbons (Fsp3) is 0.190. The lowest BCUT2D eigenvalue weighted by molar-refractivity contribution is -0.384. The van der Waals surface area contributed by atoms with Gasteiger partial charge in [-0.2, -0.15) is 0 Å². The summed E-state index contributed by atoms with van der Waals surface area (Å²) in [6.07, 6.45) is 5.81. The molecule has 2 rings (SSSR count). The molecular weight excluding hydrogens is 344 g/mol. The molecule has 2 aromatic carbocycles. The van der Waals surface area contributed by atoms with Crippen molar-refractivity contribution >= 4 is 11.5 Å². The molecule has 0 unspecified atom stereocenters. The zero-order valence-corrected chi connectivity index (χ0v) is 15.2. The van der Waals surface area contributed by atoms with Crippen LogP contribution in [0.15, 0.2) is 73.3 Å². The van der Waals surface area contributed by atoms with Gasteiger partial charge in [-0.15, -0.1) is 6.58 Å². The van der Waals surface area contributed by atoms with Gasteiger partial charge in [0.05, 0.1) is 4.92 Å². The number of hydrogen-bond acceptors (Lipinski definition) is 5. The van der Waals surface area contributed by atoms with Crippen LogP contribution in [-0.4, -0.2) is 42.4 Å². The number of ether oxygens (including phenoxy) is 1. The van der Waals surface area contributed by atoms with Gasteiger partial charge in [0.15, 0.2) is 5.78 Å². The fourth-order valence-corrected chi connectivity index (χ4v) is 2.37. The van der Waals surface area contributed by atoms with E-state index in [1.807, 2.05) is 25.3 Å². The van der Waals surface area contributed by atoms with E-state index in [2.05, 4.69) is 11.5 Å². The summed E-state index contributed by atoms with van der Waals surface area (Å²) < 4.78 is 5.62. The van der Waals surface area contributed by atoms with Crippen LogP contribution in [0.5, 0.6) is 5.75 Å². The van der Waals surface area contributed by atoms with Crippen LogP contribution in [-0.2, 0) is 0 Å². The number of nitrogens with zero attached hydrogens (tertiary/aromatic N) is 2. The number of nitro groups is 1. The largest absolute Gasteiger partial charge is 0.490 e. The highest BCUT2D eigenvalue weighted by molar-refractivity contribution is 6.09. The predicted octanol–water partition coefficient (Wildman–Crippen LogP) is 3.88. The summed E-state index contributed by atoms with van der Waals surface area (Å²) in [5, 5.41) is 10.7. The van der Waals surface area contributed by atoms with Crippen molar-refractivity contribution in [2.75, 3.05) is 26.7 Å². The van der Waals surface area contributed by atoms with E-state index in [1.54, 1.807) is 24.3 Å². The van der Waals surface area contributed by atoms with Gasteiger partial charge in [-0.3, -0.25) is 19.8 Å². The van der Waals surface area contributed by atoms with Crippen molar-refractivity contribution < 1.29 is 14.5 Å². The van der Waals surface area contributed by atoms with Crippen LogP contribution in [0.3, 0.4) is 0 Å². The highest BCUT2D eigenvalue weighted by Crippen LogP contribution is 2.18. The second kappa shape index (κ2) is 10.0. The molecule has 0 heterocycles. The summed E-state index contributed by atoms with van der Waals surface area (Å²) in [6, 6.07) is 12.4. The van der Waals surface area contributed by atoms with Gasteiger partial charge in [-0.05, 0) is 43.4 Å². The second-order valence-corrected chi connectivity index (χ2v) is 5.95. The molecular formula is C21H22N2O4. The number of carbonyl (C=O) groups excluding carboxylic acids is 1. The summed E-state index contributed by atoms with van der Waals surface area (Å²) in [4.78, 5) is 24.7. The van der Waals surface area contributed by atoms with Gasteiger partial charge >= 0.3 is 0 Å². The van der Waals surface area contributed by atoms with Crippen molar-refractivity contribution in [1.82, 2.24) is 4.90 Å². The van der Waals surface area contributed by atoms with Crippen molar-refractivity contribution in [3.63, 3.8) is 0 Å². The average Bonchev–Trinajstić information content (AvgIpc) is 2.68. The Bertz CT molecular complexity index is 811. The van der Waals surface area contributed by atoms with Crippen LogP contribution in [0.2, 0.25) is 0 Å². The van der Waals surface area contributed by atoms with Crippen molar-refractivity contribution in [1.29, 1.82) is 0 Å². The first kappa shape index (κ1) is 20.1. The summed E-state index contributed by atoms with van der Waals surface area (Å²) in [6.45, 7) is 5.78. The number of benzene rings is 2. The van der Waals surface area contributed by atoms with Crippen LogP contribution in [0, 0.1) is 10.1 Å². The van der Waals surface area contributed by atoms with Gasteiger partial charge in [0.1, 0.15) is 12.4 Å². The smallest absolute Gasteiger partial charge is 0.269 e. The van der Waals surface area contributed by atoms with Crippen LogP contribution >= 0.6 is 0 Å². The fourth-order valence-electron chi connectivity index (χ4n) is 2.37. The van der Waals surface area contributed by atoms with E-state index < -0.39 is 4.92 Å². The average molecular weight is 366 g/mol. The minimum Gasteiger partial charge on any atom is -0.490 e. The Balaban J connectivity index is 1.88. The maximum Gasteiger partial charge on any atom is 0.269 e. The Morgan fingerprint density at radius 3 is 2.22 bits per heavy atom. The number of hydrogen-bond donors (Lipinski definition) is 0. The minimum atomic E-state index is -0.494. The van der Waals surface area contributed by atoms with E-state index in [0.29, 0.717) is 23.5 Å². The van der Waals surface area contributed by atoms with Crippen LogP contribution in [0.25, 0.3) is 0 Å². The number of likely N-dealkylation sites (N-methyl/N-ethyl adjacent to an activating group) is 1. The first-order valence-electron chi connectivity index (χ1n) is 8.47. The topological polar surface area (TPSA) is 72.7 Å². The maximum atomic E-state index is 12.4. The molecule has 6 heteroatoms. The third-order valence-corrected chi connectivity index (χ3v) is 3.83. The monoisotopic (exact) mass is 366 g/mol. The maximum absolute atomic E-state index is 12.4. The molecule has 0 aliphatic heterocycles. The first-order chi connectivity index (χ1) is 13.0. The molecule has 0 spiro atoms. The Morgan fingerprint density at radius 2 is 1.67 bits per heavy atom. The Kier molecular flexibility index (Phi) is 7.46. The molecule has 0 saturated heterocycles. The molecule has 27 heavy (non-hydrogen) atoms. The normalized spacial score (nSPS) is 10.9. The molecule has 0 aliphatic rings. The molecule has 0 bridgehead atoms. The van der Waals surface area contributed by atoms with Crippen LogP contribution < -0.4 is 4.74 Å². The molecule has 0 atom stereocenters. The van der Waals surface area contributed by atoms with Gasteiger partial charge in [0.25, 0.3) is 5.69 Å². The van der Waals surface area contributed by atoms with E-state index in [-0.39, 0.29) is 11.5 Å². The molecule has 0 saturated carbocycles. The third-order valence-electron chi connectivity index (χ3n) is 3.83. The van der Waals surface area contributed by atoms with Crippen molar-refractivity contribution in [2.45, 2.75) is 0 Å². The van der Waals surface area contributed by atoms with E-state index in [1.165, 1.54) is 24.3 Å². The zero-order valence-electron chi connectivity index (χ0n) is 15.2. The van der Waals surface area contributed by atoms with E-state index in [0.717, 1.165) is 13.1 Å². The van der Waals surface area contributed by atoms with Crippen molar-refractivity contribution in [2.24, 2.45) is 0 Å². The van der Waals surface area contributed by atoms with E-state index in [4.69, 9.17) is 4.74 Å². The number of rotatable bonds is 10. The quantitative estimate of drug-likeness (QED) is 0.276. The lowest BCUT2D eigenvalue weighted by Gasteiger charge is -2.10. The number of nitro benzene ring substituents is 1.